The second-order valence-corrected chi connectivity index (χ2v) is 6.75. The van der Waals surface area contributed by atoms with Crippen LogP contribution in [-0.2, 0) is 14.8 Å². The van der Waals surface area contributed by atoms with E-state index >= 15 is 0 Å². The molecule has 2 N–H and O–H groups in total. The van der Waals surface area contributed by atoms with E-state index in [1.165, 1.54) is 19.3 Å². The van der Waals surface area contributed by atoms with Crippen molar-refractivity contribution in [3.8, 4) is 0 Å². The zero-order valence-corrected chi connectivity index (χ0v) is 11.0. The monoisotopic (exact) mass is 262 g/mol. The zero-order valence-electron chi connectivity index (χ0n) is 10.2. The molecule has 0 aromatic carbocycles. The summed E-state index contributed by atoms with van der Waals surface area (Å²) in [6.45, 7) is 2.52. The van der Waals surface area contributed by atoms with Gasteiger partial charge in [0.25, 0.3) is 0 Å². The van der Waals surface area contributed by atoms with Gasteiger partial charge in [0.15, 0.2) is 0 Å². The van der Waals surface area contributed by atoms with E-state index in [0.717, 1.165) is 26.1 Å². The first-order valence-corrected chi connectivity index (χ1v) is 8.14. The van der Waals surface area contributed by atoms with Gasteiger partial charge in [-0.05, 0) is 25.8 Å². The Bertz CT molecular complexity index is 343. The third kappa shape index (κ3) is 3.91. The van der Waals surface area contributed by atoms with E-state index in [0.29, 0.717) is 18.6 Å². The molecule has 2 atom stereocenters. The Morgan fingerprint density at radius 2 is 2.06 bits per heavy atom. The molecular weight excluding hydrogens is 240 g/mol. The van der Waals surface area contributed by atoms with Gasteiger partial charge in [-0.2, -0.15) is 0 Å². The van der Waals surface area contributed by atoms with Crippen molar-refractivity contribution < 1.29 is 13.2 Å². The number of morpholine rings is 1. The molecule has 0 radical (unpaired) electrons. The average Bonchev–Trinajstić information content (AvgIpc) is 2.28. The minimum absolute atomic E-state index is 0.0851. The first-order valence-electron chi connectivity index (χ1n) is 6.42. The largest absolute Gasteiger partial charge is 0.375 e. The van der Waals surface area contributed by atoms with Crippen molar-refractivity contribution in [3.63, 3.8) is 0 Å². The van der Waals surface area contributed by atoms with Gasteiger partial charge in [0.1, 0.15) is 0 Å². The number of rotatable bonds is 4. The summed E-state index contributed by atoms with van der Waals surface area (Å²) in [5.41, 5.74) is 0. The lowest BCUT2D eigenvalue weighted by molar-refractivity contribution is -0.0877. The van der Waals surface area contributed by atoms with E-state index in [1.807, 2.05) is 0 Å². The number of nitrogens with two attached hydrogens (primary N) is 1. The molecule has 0 amide bonds. The molecule has 1 heterocycles. The van der Waals surface area contributed by atoms with Gasteiger partial charge >= 0.3 is 0 Å². The van der Waals surface area contributed by atoms with Crippen molar-refractivity contribution in [2.45, 2.75) is 44.2 Å². The molecule has 2 fully saturated rings. The van der Waals surface area contributed by atoms with Gasteiger partial charge in [-0.1, -0.05) is 12.8 Å². The van der Waals surface area contributed by atoms with Crippen LogP contribution in [0.15, 0.2) is 0 Å². The Morgan fingerprint density at radius 1 is 1.29 bits per heavy atom. The van der Waals surface area contributed by atoms with Crippen molar-refractivity contribution in [3.05, 3.63) is 0 Å². The van der Waals surface area contributed by atoms with Crippen molar-refractivity contribution in [1.29, 1.82) is 0 Å². The smallest absolute Gasteiger partial charge is 0.209 e. The van der Waals surface area contributed by atoms with Crippen LogP contribution < -0.4 is 5.14 Å². The van der Waals surface area contributed by atoms with Gasteiger partial charge in [-0.25, -0.2) is 13.6 Å². The van der Waals surface area contributed by atoms with E-state index < -0.39 is 10.0 Å². The van der Waals surface area contributed by atoms with Crippen LogP contribution in [0.5, 0.6) is 0 Å². The molecular formula is C11H22N2O3S. The SMILES string of the molecule is NS(=O)(=O)CCCN1CCOC2CCCCC21. The minimum Gasteiger partial charge on any atom is -0.375 e. The Kier molecular flexibility index (Phi) is 4.41. The summed E-state index contributed by atoms with van der Waals surface area (Å²) < 4.78 is 27.6. The second-order valence-electron chi connectivity index (χ2n) is 5.02. The predicted octanol–water partition coefficient (Wildman–Crippen LogP) is 0.308. The van der Waals surface area contributed by atoms with Crippen LogP contribution in [0.3, 0.4) is 0 Å². The van der Waals surface area contributed by atoms with Crippen molar-refractivity contribution >= 4 is 10.0 Å². The maximum atomic E-state index is 10.9. The normalized spacial score (nSPS) is 31.1. The standard InChI is InChI=1S/C11H22N2O3S/c12-17(14,15)9-3-6-13-7-8-16-11-5-2-1-4-10(11)13/h10-11H,1-9H2,(H2,12,14,15). The number of hydrogen-bond donors (Lipinski definition) is 1. The summed E-state index contributed by atoms with van der Waals surface area (Å²) in [7, 11) is -3.31. The van der Waals surface area contributed by atoms with Crippen molar-refractivity contribution in [2.75, 3.05) is 25.4 Å². The first-order chi connectivity index (χ1) is 8.06. The van der Waals surface area contributed by atoms with Gasteiger partial charge in [0.2, 0.25) is 10.0 Å². The number of ether oxygens (including phenoxy) is 1. The van der Waals surface area contributed by atoms with Crippen LogP contribution >= 0.6 is 0 Å². The summed E-state index contributed by atoms with van der Waals surface area (Å²) in [5.74, 6) is 0.0851. The molecule has 5 nitrogen and oxygen atoms in total. The highest BCUT2D eigenvalue weighted by Gasteiger charge is 2.33. The highest BCUT2D eigenvalue weighted by molar-refractivity contribution is 7.89. The third-order valence-electron chi connectivity index (χ3n) is 3.72. The van der Waals surface area contributed by atoms with E-state index in [1.54, 1.807) is 0 Å². The summed E-state index contributed by atoms with van der Waals surface area (Å²) in [6, 6.07) is 0.498. The average molecular weight is 262 g/mol. The molecule has 100 valence electrons. The molecule has 1 aliphatic heterocycles. The zero-order chi connectivity index (χ0) is 12.3. The van der Waals surface area contributed by atoms with E-state index in [2.05, 4.69) is 4.90 Å². The molecule has 2 rings (SSSR count). The molecule has 0 bridgehead atoms. The number of nitrogens with zero attached hydrogens (tertiary/aromatic N) is 1. The van der Waals surface area contributed by atoms with Gasteiger partial charge in [0, 0.05) is 12.6 Å². The summed E-state index contributed by atoms with van der Waals surface area (Å²) in [5, 5.41) is 5.01. The number of sulfonamides is 1. The molecule has 17 heavy (non-hydrogen) atoms. The van der Waals surface area contributed by atoms with Crippen LogP contribution in [0.25, 0.3) is 0 Å². The van der Waals surface area contributed by atoms with E-state index in [4.69, 9.17) is 9.88 Å². The topological polar surface area (TPSA) is 72.6 Å². The molecule has 0 aromatic heterocycles. The lowest BCUT2D eigenvalue weighted by atomic mass is 9.90. The maximum Gasteiger partial charge on any atom is 0.209 e. The number of fused-ring (bicyclic) bond motifs is 1. The molecule has 1 aliphatic carbocycles. The predicted molar refractivity (Wildman–Crippen MR) is 66.2 cm³/mol. The molecule has 1 saturated heterocycles. The third-order valence-corrected chi connectivity index (χ3v) is 4.58. The fraction of sp³-hybridized carbons (Fsp3) is 1.00. The van der Waals surface area contributed by atoms with Crippen LogP contribution in [0, 0.1) is 0 Å². The minimum atomic E-state index is -3.31. The van der Waals surface area contributed by atoms with Gasteiger partial charge in [-0.15, -0.1) is 0 Å². The number of primary sulfonamides is 1. The lowest BCUT2D eigenvalue weighted by Crippen LogP contribution is -2.52. The molecule has 1 saturated carbocycles. The number of hydrogen-bond acceptors (Lipinski definition) is 4. The summed E-state index contributed by atoms with van der Waals surface area (Å²) in [6.07, 6.45) is 5.84. The van der Waals surface area contributed by atoms with Gasteiger partial charge in [0.05, 0.1) is 18.5 Å². The fourth-order valence-electron chi connectivity index (χ4n) is 2.92. The Hall–Kier alpha value is -0.170. The van der Waals surface area contributed by atoms with Gasteiger partial charge < -0.3 is 4.74 Å². The highest BCUT2D eigenvalue weighted by Crippen LogP contribution is 2.28. The summed E-state index contributed by atoms with van der Waals surface area (Å²) >= 11 is 0. The Morgan fingerprint density at radius 3 is 2.82 bits per heavy atom. The van der Waals surface area contributed by atoms with Crippen LogP contribution in [0.4, 0.5) is 0 Å². The van der Waals surface area contributed by atoms with Crippen molar-refractivity contribution in [1.82, 2.24) is 4.90 Å². The van der Waals surface area contributed by atoms with E-state index in [-0.39, 0.29) is 5.75 Å². The van der Waals surface area contributed by atoms with Crippen LogP contribution in [0.1, 0.15) is 32.1 Å². The molecule has 2 unspecified atom stereocenters. The Labute approximate surface area is 103 Å². The summed E-state index contributed by atoms with van der Waals surface area (Å²) in [4.78, 5) is 2.39. The molecule has 6 heteroatoms. The first kappa shape index (κ1) is 13.3. The fourth-order valence-corrected chi connectivity index (χ4v) is 3.45. The quantitative estimate of drug-likeness (QED) is 0.791. The van der Waals surface area contributed by atoms with Gasteiger partial charge in [-0.3, -0.25) is 4.90 Å². The molecule has 0 spiro atoms. The second kappa shape index (κ2) is 5.65. The van der Waals surface area contributed by atoms with Crippen molar-refractivity contribution in [2.24, 2.45) is 5.14 Å². The Balaban J connectivity index is 1.82. The molecule has 2 aliphatic rings. The lowest BCUT2D eigenvalue weighted by Gasteiger charge is -2.43. The van der Waals surface area contributed by atoms with Crippen LogP contribution in [0.2, 0.25) is 0 Å². The molecule has 0 aromatic rings. The maximum absolute atomic E-state index is 10.9. The van der Waals surface area contributed by atoms with E-state index in [9.17, 15) is 8.42 Å². The highest BCUT2D eigenvalue weighted by atomic mass is 32.2. The van der Waals surface area contributed by atoms with Crippen LogP contribution in [-0.4, -0.2) is 50.9 Å².